The van der Waals surface area contributed by atoms with Crippen molar-refractivity contribution in [3.8, 4) is 0 Å². The number of hydrogen-bond donors (Lipinski definition) is 4. The molecule has 0 radical (unpaired) electrons. The van der Waals surface area contributed by atoms with Gasteiger partial charge in [-0.3, -0.25) is 9.35 Å². The lowest BCUT2D eigenvalue weighted by Crippen LogP contribution is -2.50. The molecule has 7 nitrogen and oxygen atoms in total. The van der Waals surface area contributed by atoms with E-state index in [4.69, 9.17) is 0 Å². The summed E-state index contributed by atoms with van der Waals surface area (Å²) in [5.74, 6) is -1.54. The molecule has 0 aromatic rings. The molecule has 4 N–H and O–H groups in total. The second-order valence-electron chi connectivity index (χ2n) is 15.8. The van der Waals surface area contributed by atoms with E-state index in [-0.39, 0.29) is 6.42 Å². The molecule has 0 aromatic carbocycles. The number of aliphatic hydroxyl groups excluding tert-OH is 2. The molecule has 0 rings (SSSR count). The highest BCUT2D eigenvalue weighted by Crippen LogP contribution is 2.16. The molecule has 0 fully saturated rings. The summed E-state index contributed by atoms with van der Waals surface area (Å²) in [7, 11) is -4.44. The number of allylic oxidation sites excluding steroid dienone is 3. The van der Waals surface area contributed by atoms with Gasteiger partial charge in [0.15, 0.2) is 0 Å². The summed E-state index contributed by atoms with van der Waals surface area (Å²) < 4.78 is 32.6. The quantitative estimate of drug-likeness (QED) is 0.0279. The summed E-state index contributed by atoms with van der Waals surface area (Å²) in [6, 6.07) is -1.23. The monoisotopic (exact) mass is 770 g/mol. The molecule has 0 saturated heterocycles. The van der Waals surface area contributed by atoms with Gasteiger partial charge in [-0.15, -0.1) is 0 Å². The molecule has 0 aliphatic rings. The average molecular weight is 770 g/mol. The van der Waals surface area contributed by atoms with Crippen LogP contribution in [-0.4, -0.2) is 53.1 Å². The third-order valence-electron chi connectivity index (χ3n) is 10.5. The van der Waals surface area contributed by atoms with Crippen LogP contribution in [-0.2, 0) is 14.9 Å². The van der Waals surface area contributed by atoms with Gasteiger partial charge in [0.2, 0.25) is 5.91 Å². The maximum absolute atomic E-state index is 12.6. The number of rotatable bonds is 41. The van der Waals surface area contributed by atoms with Crippen molar-refractivity contribution in [1.29, 1.82) is 0 Å². The van der Waals surface area contributed by atoms with Crippen molar-refractivity contribution in [2.75, 3.05) is 5.75 Å². The Bertz CT molecular complexity index is 953. The molecule has 53 heavy (non-hydrogen) atoms. The number of unbranched alkanes of at least 4 members (excludes halogenated alkanes) is 30. The van der Waals surface area contributed by atoms with E-state index in [1.54, 1.807) is 0 Å². The summed E-state index contributed by atoms with van der Waals surface area (Å²) >= 11 is 0. The Balaban J connectivity index is 3.97. The Hall–Kier alpha value is -1.22. The smallest absolute Gasteiger partial charge is 0.267 e. The van der Waals surface area contributed by atoms with Gasteiger partial charge in [-0.25, -0.2) is 0 Å². The molecule has 1 amide bonds. The van der Waals surface area contributed by atoms with Crippen LogP contribution in [0.5, 0.6) is 0 Å². The lowest BCUT2D eigenvalue weighted by molar-refractivity contribution is -0.130. The number of nitrogens with one attached hydrogen (secondary N) is 1. The second-order valence-corrected chi connectivity index (χ2v) is 17.3. The zero-order chi connectivity index (χ0) is 39.1. The van der Waals surface area contributed by atoms with E-state index < -0.39 is 40.0 Å². The predicted octanol–water partition coefficient (Wildman–Crippen LogP) is 12.5. The maximum Gasteiger partial charge on any atom is 0.267 e. The van der Waals surface area contributed by atoms with E-state index in [0.29, 0.717) is 6.42 Å². The lowest BCUT2D eigenvalue weighted by Gasteiger charge is -2.22. The highest BCUT2D eigenvalue weighted by Gasteiger charge is 2.27. The molecule has 0 aliphatic carbocycles. The van der Waals surface area contributed by atoms with Crippen LogP contribution in [0.1, 0.15) is 232 Å². The Morgan fingerprint density at radius 2 is 0.830 bits per heavy atom. The first-order valence-electron chi connectivity index (χ1n) is 22.6. The number of carbonyl (C=O) groups is 1. The molecule has 0 spiro atoms. The predicted molar refractivity (Wildman–Crippen MR) is 227 cm³/mol. The van der Waals surface area contributed by atoms with E-state index in [0.717, 1.165) is 44.9 Å². The SMILES string of the molecule is CCCCCCCC/C=C\CCCCCCCCC(O)C(=O)NC(CS(=O)(=O)O)C(O)/C=C/CCCCCCCCCCCCCCCCCCCC. The average Bonchev–Trinajstić information content (AvgIpc) is 3.12. The standard InChI is InChI=1S/C45H87NO6S/c1-3-5-7-9-11-13-15-17-19-21-22-23-24-26-27-29-31-33-35-37-39-43(47)42(41-53(50,51)52)46-45(49)44(48)40-38-36-34-32-30-28-25-20-18-16-14-12-10-8-6-4-2/h18,20,37,39,42-44,47-48H,3-17,19,21-36,38,40-41H2,1-2H3,(H,46,49)(H,50,51,52)/b20-18-,39-37+. The van der Waals surface area contributed by atoms with Crippen LogP contribution < -0.4 is 5.32 Å². The number of amides is 1. The molecular weight excluding hydrogens is 683 g/mol. The first kappa shape index (κ1) is 51.8. The van der Waals surface area contributed by atoms with Gasteiger partial charge in [-0.1, -0.05) is 212 Å². The van der Waals surface area contributed by atoms with E-state index in [1.807, 2.05) is 6.08 Å². The highest BCUT2D eigenvalue weighted by atomic mass is 32.2. The van der Waals surface area contributed by atoms with Gasteiger partial charge in [0.1, 0.15) is 6.10 Å². The van der Waals surface area contributed by atoms with Crippen molar-refractivity contribution in [1.82, 2.24) is 5.32 Å². The lowest BCUT2D eigenvalue weighted by atomic mass is 10.0. The van der Waals surface area contributed by atoms with Crippen molar-refractivity contribution in [2.24, 2.45) is 0 Å². The van der Waals surface area contributed by atoms with Gasteiger partial charge >= 0.3 is 0 Å². The van der Waals surface area contributed by atoms with Crippen LogP contribution in [0, 0.1) is 0 Å². The molecule has 8 heteroatoms. The van der Waals surface area contributed by atoms with Gasteiger partial charge in [0, 0.05) is 0 Å². The first-order chi connectivity index (χ1) is 25.7. The third kappa shape index (κ3) is 38.8. The molecule has 0 saturated carbocycles. The maximum atomic E-state index is 12.6. The Morgan fingerprint density at radius 1 is 0.509 bits per heavy atom. The Labute approximate surface area is 328 Å². The van der Waals surface area contributed by atoms with Crippen molar-refractivity contribution in [3.05, 3.63) is 24.3 Å². The van der Waals surface area contributed by atoms with Crippen molar-refractivity contribution in [3.63, 3.8) is 0 Å². The fraction of sp³-hybridized carbons (Fsp3) is 0.889. The van der Waals surface area contributed by atoms with Gasteiger partial charge in [-0.2, -0.15) is 8.42 Å². The molecule has 314 valence electrons. The fourth-order valence-electron chi connectivity index (χ4n) is 6.98. The minimum Gasteiger partial charge on any atom is -0.387 e. The van der Waals surface area contributed by atoms with Gasteiger partial charge < -0.3 is 15.5 Å². The Morgan fingerprint density at radius 3 is 1.19 bits per heavy atom. The van der Waals surface area contributed by atoms with E-state index in [9.17, 15) is 28.0 Å². The summed E-state index contributed by atoms with van der Waals surface area (Å²) in [4.78, 5) is 12.6. The van der Waals surface area contributed by atoms with Crippen molar-refractivity contribution < 1.29 is 28.0 Å². The normalized spacial score (nSPS) is 14.0. The van der Waals surface area contributed by atoms with Gasteiger partial charge in [0.25, 0.3) is 10.1 Å². The third-order valence-corrected chi connectivity index (χ3v) is 11.3. The summed E-state index contributed by atoms with van der Waals surface area (Å²) in [5.41, 5.74) is 0. The Kier molecular flexibility index (Phi) is 38.1. The summed E-state index contributed by atoms with van der Waals surface area (Å²) in [5, 5.41) is 23.5. The highest BCUT2D eigenvalue weighted by molar-refractivity contribution is 7.85. The number of aliphatic hydroxyl groups is 2. The van der Waals surface area contributed by atoms with E-state index in [1.165, 1.54) is 167 Å². The molecular formula is C45H87NO6S. The first-order valence-corrected chi connectivity index (χ1v) is 24.3. The van der Waals surface area contributed by atoms with Crippen LogP contribution >= 0.6 is 0 Å². The summed E-state index contributed by atoms with van der Waals surface area (Å²) in [6.45, 7) is 4.52. The zero-order valence-corrected chi connectivity index (χ0v) is 35.6. The zero-order valence-electron chi connectivity index (χ0n) is 34.8. The minimum atomic E-state index is -4.44. The van der Waals surface area contributed by atoms with E-state index >= 15 is 0 Å². The summed E-state index contributed by atoms with van der Waals surface area (Å²) in [6.07, 6.45) is 46.6. The molecule has 0 bridgehead atoms. The van der Waals surface area contributed by atoms with Crippen LogP contribution in [0.25, 0.3) is 0 Å². The van der Waals surface area contributed by atoms with E-state index in [2.05, 4.69) is 31.3 Å². The fourth-order valence-corrected chi connectivity index (χ4v) is 7.72. The second kappa shape index (κ2) is 39.0. The minimum absolute atomic E-state index is 0.275. The molecule has 0 aromatic heterocycles. The van der Waals surface area contributed by atoms with Crippen molar-refractivity contribution >= 4 is 16.0 Å². The topological polar surface area (TPSA) is 124 Å². The largest absolute Gasteiger partial charge is 0.387 e. The van der Waals surface area contributed by atoms with Crippen LogP contribution in [0.2, 0.25) is 0 Å². The van der Waals surface area contributed by atoms with Crippen molar-refractivity contribution in [2.45, 2.75) is 250 Å². The van der Waals surface area contributed by atoms with Gasteiger partial charge in [-0.05, 0) is 44.9 Å². The van der Waals surface area contributed by atoms with Gasteiger partial charge in [0.05, 0.1) is 17.9 Å². The van der Waals surface area contributed by atoms with Crippen LogP contribution in [0.15, 0.2) is 24.3 Å². The van der Waals surface area contributed by atoms with Crippen LogP contribution in [0.4, 0.5) is 0 Å². The molecule has 0 heterocycles. The number of hydrogen-bond acceptors (Lipinski definition) is 5. The molecule has 0 aliphatic heterocycles. The molecule has 3 unspecified atom stereocenters. The molecule has 3 atom stereocenters. The van der Waals surface area contributed by atoms with Crippen LogP contribution in [0.3, 0.4) is 0 Å². The number of carbonyl (C=O) groups excluding carboxylic acids is 1.